The average Bonchev–Trinajstić information content (AvgIpc) is 2.45. The second-order valence-electron chi connectivity index (χ2n) is 5.02. The summed E-state index contributed by atoms with van der Waals surface area (Å²) in [6, 6.07) is 2.99. The standard InChI is InChI=1S/C14H17N3O4/c1-2-9-14(19)16-13(18)7-17(9)10-6-12-11(5-8(10)15)20-3-4-21-12/h5-6,9H,2-4,7,15H2,1H3,(H,16,18,19). The molecule has 3 rings (SSSR count). The Kier molecular flexibility index (Phi) is 3.32. The number of carbonyl (C=O) groups is 2. The molecule has 1 saturated heterocycles. The number of imide groups is 1. The Morgan fingerprint density at radius 1 is 1.29 bits per heavy atom. The zero-order chi connectivity index (χ0) is 15.0. The van der Waals surface area contributed by atoms with Crippen LogP contribution in [0.5, 0.6) is 11.5 Å². The number of nitrogen functional groups attached to an aromatic ring is 1. The van der Waals surface area contributed by atoms with Crippen LogP contribution in [0.4, 0.5) is 11.4 Å². The summed E-state index contributed by atoms with van der Waals surface area (Å²) < 4.78 is 11.0. The van der Waals surface area contributed by atoms with Gasteiger partial charge in [0.1, 0.15) is 19.3 Å². The molecule has 2 aliphatic rings. The molecule has 2 heterocycles. The zero-order valence-electron chi connectivity index (χ0n) is 11.7. The van der Waals surface area contributed by atoms with E-state index in [1.807, 2.05) is 6.92 Å². The van der Waals surface area contributed by atoms with Gasteiger partial charge in [0.15, 0.2) is 11.5 Å². The first-order valence-corrected chi connectivity index (χ1v) is 6.89. The van der Waals surface area contributed by atoms with Gasteiger partial charge in [0.05, 0.1) is 17.9 Å². The minimum atomic E-state index is -0.424. The van der Waals surface area contributed by atoms with Gasteiger partial charge in [0, 0.05) is 12.1 Å². The molecular weight excluding hydrogens is 274 g/mol. The van der Waals surface area contributed by atoms with Gasteiger partial charge in [-0.1, -0.05) is 6.92 Å². The second kappa shape index (κ2) is 5.16. The molecule has 2 amide bonds. The van der Waals surface area contributed by atoms with Gasteiger partial charge in [-0.15, -0.1) is 0 Å². The summed E-state index contributed by atoms with van der Waals surface area (Å²) in [5.74, 6) is 0.532. The summed E-state index contributed by atoms with van der Waals surface area (Å²) in [5, 5.41) is 2.35. The topological polar surface area (TPSA) is 93.9 Å². The third-order valence-corrected chi connectivity index (χ3v) is 3.64. The van der Waals surface area contributed by atoms with E-state index in [4.69, 9.17) is 15.2 Å². The molecule has 3 N–H and O–H groups in total. The normalized spacial score (nSPS) is 21.2. The van der Waals surface area contributed by atoms with E-state index in [9.17, 15) is 9.59 Å². The summed E-state index contributed by atoms with van der Waals surface area (Å²) in [7, 11) is 0. The van der Waals surface area contributed by atoms with Gasteiger partial charge >= 0.3 is 0 Å². The highest BCUT2D eigenvalue weighted by atomic mass is 16.6. The summed E-state index contributed by atoms with van der Waals surface area (Å²) in [4.78, 5) is 25.3. The molecule has 1 aromatic carbocycles. The largest absolute Gasteiger partial charge is 0.486 e. The van der Waals surface area contributed by atoms with Crippen LogP contribution in [-0.4, -0.2) is 37.6 Å². The molecule has 0 saturated carbocycles. The molecule has 0 bridgehead atoms. The number of amides is 2. The summed E-state index contributed by atoms with van der Waals surface area (Å²) in [6.07, 6.45) is 0.576. The van der Waals surface area contributed by atoms with Gasteiger partial charge in [-0.05, 0) is 6.42 Å². The Morgan fingerprint density at radius 3 is 2.62 bits per heavy atom. The van der Waals surface area contributed by atoms with Crippen LogP contribution in [0.2, 0.25) is 0 Å². The molecule has 7 nitrogen and oxygen atoms in total. The monoisotopic (exact) mass is 291 g/mol. The third kappa shape index (κ3) is 2.35. The maximum absolute atomic E-state index is 11.9. The van der Waals surface area contributed by atoms with Crippen molar-refractivity contribution in [2.75, 3.05) is 30.4 Å². The molecule has 0 aromatic heterocycles. The summed E-state index contributed by atoms with van der Waals surface area (Å²) in [6.45, 7) is 2.93. The van der Waals surface area contributed by atoms with Crippen LogP contribution >= 0.6 is 0 Å². The van der Waals surface area contributed by atoms with Gasteiger partial charge in [-0.3, -0.25) is 14.9 Å². The number of nitrogens with zero attached hydrogens (tertiary/aromatic N) is 1. The van der Waals surface area contributed by atoms with E-state index in [0.717, 1.165) is 0 Å². The number of anilines is 2. The Morgan fingerprint density at radius 2 is 1.95 bits per heavy atom. The predicted octanol–water partition coefficient (Wildman–Crippen LogP) is 0.281. The maximum Gasteiger partial charge on any atom is 0.249 e. The van der Waals surface area contributed by atoms with E-state index in [2.05, 4.69) is 5.32 Å². The molecule has 2 aliphatic heterocycles. The Hall–Kier alpha value is -2.44. The van der Waals surface area contributed by atoms with Gasteiger partial charge in [0.25, 0.3) is 0 Å². The van der Waals surface area contributed by atoms with Crippen LogP contribution in [-0.2, 0) is 9.59 Å². The zero-order valence-corrected chi connectivity index (χ0v) is 11.7. The molecule has 1 atom stereocenters. The minimum Gasteiger partial charge on any atom is -0.486 e. The molecule has 0 radical (unpaired) electrons. The van der Waals surface area contributed by atoms with Crippen LogP contribution in [0.3, 0.4) is 0 Å². The Balaban J connectivity index is 2.01. The SMILES string of the molecule is CCC1C(=O)NC(=O)CN1c1cc2c(cc1N)OCCO2. The Labute approximate surface area is 122 Å². The fourth-order valence-electron chi connectivity index (χ4n) is 2.67. The molecule has 112 valence electrons. The summed E-state index contributed by atoms with van der Waals surface area (Å²) in [5.41, 5.74) is 7.14. The van der Waals surface area contributed by atoms with E-state index in [-0.39, 0.29) is 18.4 Å². The van der Waals surface area contributed by atoms with Gasteiger partial charge in [0.2, 0.25) is 11.8 Å². The van der Waals surface area contributed by atoms with E-state index in [0.29, 0.717) is 42.5 Å². The first-order chi connectivity index (χ1) is 10.1. The number of hydrogen-bond donors (Lipinski definition) is 2. The van der Waals surface area contributed by atoms with Crippen molar-refractivity contribution < 1.29 is 19.1 Å². The summed E-state index contributed by atoms with van der Waals surface area (Å²) >= 11 is 0. The quantitative estimate of drug-likeness (QED) is 0.600. The van der Waals surface area contributed by atoms with Crippen molar-refractivity contribution in [2.24, 2.45) is 0 Å². The van der Waals surface area contributed by atoms with Crippen LogP contribution in [0, 0.1) is 0 Å². The van der Waals surface area contributed by atoms with Crippen molar-refractivity contribution in [3.8, 4) is 11.5 Å². The molecule has 0 spiro atoms. The number of piperazine rings is 1. The van der Waals surface area contributed by atoms with Gasteiger partial charge in [-0.25, -0.2) is 0 Å². The smallest absolute Gasteiger partial charge is 0.249 e. The van der Waals surface area contributed by atoms with E-state index < -0.39 is 6.04 Å². The number of rotatable bonds is 2. The highest BCUT2D eigenvalue weighted by Gasteiger charge is 2.34. The van der Waals surface area contributed by atoms with Crippen molar-refractivity contribution >= 4 is 23.2 Å². The number of ether oxygens (including phenoxy) is 2. The number of carbonyl (C=O) groups excluding carboxylic acids is 2. The van der Waals surface area contributed by atoms with Gasteiger partial charge < -0.3 is 20.1 Å². The maximum atomic E-state index is 11.9. The van der Waals surface area contributed by atoms with Crippen LogP contribution in [0.25, 0.3) is 0 Å². The van der Waals surface area contributed by atoms with Gasteiger partial charge in [-0.2, -0.15) is 0 Å². The lowest BCUT2D eigenvalue weighted by molar-refractivity contribution is -0.132. The number of nitrogens with one attached hydrogen (secondary N) is 1. The van der Waals surface area contributed by atoms with Crippen molar-refractivity contribution in [3.63, 3.8) is 0 Å². The molecule has 1 unspecified atom stereocenters. The molecule has 1 aromatic rings. The number of nitrogens with two attached hydrogens (primary N) is 1. The number of hydrogen-bond acceptors (Lipinski definition) is 6. The molecule has 0 aliphatic carbocycles. The lowest BCUT2D eigenvalue weighted by Gasteiger charge is -2.36. The van der Waals surface area contributed by atoms with Crippen molar-refractivity contribution in [1.82, 2.24) is 5.32 Å². The molecule has 1 fully saturated rings. The predicted molar refractivity (Wildman–Crippen MR) is 76.4 cm³/mol. The highest BCUT2D eigenvalue weighted by Crippen LogP contribution is 2.39. The van der Waals surface area contributed by atoms with E-state index in [1.54, 1.807) is 17.0 Å². The Bertz CT molecular complexity index is 602. The van der Waals surface area contributed by atoms with Crippen LogP contribution in [0.1, 0.15) is 13.3 Å². The number of fused-ring (bicyclic) bond motifs is 1. The number of benzene rings is 1. The highest BCUT2D eigenvalue weighted by molar-refractivity contribution is 6.05. The fourth-order valence-corrected chi connectivity index (χ4v) is 2.67. The molecule has 21 heavy (non-hydrogen) atoms. The van der Waals surface area contributed by atoms with Crippen molar-refractivity contribution in [1.29, 1.82) is 0 Å². The lowest BCUT2D eigenvalue weighted by atomic mass is 10.1. The molecule has 7 heteroatoms. The van der Waals surface area contributed by atoms with Crippen LogP contribution < -0.4 is 25.4 Å². The minimum absolute atomic E-state index is 0.0914. The molecular formula is C14H17N3O4. The van der Waals surface area contributed by atoms with E-state index in [1.165, 1.54) is 0 Å². The first-order valence-electron chi connectivity index (χ1n) is 6.89. The van der Waals surface area contributed by atoms with Crippen molar-refractivity contribution in [2.45, 2.75) is 19.4 Å². The fraction of sp³-hybridized carbons (Fsp3) is 0.429. The lowest BCUT2D eigenvalue weighted by Crippen LogP contribution is -2.58. The first kappa shape index (κ1) is 13.5. The average molecular weight is 291 g/mol. The second-order valence-corrected chi connectivity index (χ2v) is 5.02. The van der Waals surface area contributed by atoms with Crippen LogP contribution in [0.15, 0.2) is 12.1 Å². The van der Waals surface area contributed by atoms with E-state index >= 15 is 0 Å². The third-order valence-electron chi connectivity index (χ3n) is 3.64. The van der Waals surface area contributed by atoms with Crippen molar-refractivity contribution in [3.05, 3.63) is 12.1 Å².